The first-order valence-corrected chi connectivity index (χ1v) is 6.40. The Labute approximate surface area is 92.7 Å². The van der Waals surface area contributed by atoms with Crippen LogP contribution in [-0.4, -0.2) is 25.6 Å². The normalized spacial score (nSPS) is 21.5. The van der Waals surface area contributed by atoms with Crippen molar-refractivity contribution in [3.63, 3.8) is 0 Å². The Morgan fingerprint density at radius 3 is 2.47 bits per heavy atom. The van der Waals surface area contributed by atoms with Crippen LogP contribution in [0.4, 0.5) is 0 Å². The first kappa shape index (κ1) is 10.8. The minimum Gasteiger partial charge on any atom is -0.357 e. The van der Waals surface area contributed by atoms with Crippen molar-refractivity contribution in [2.24, 2.45) is 16.8 Å². The van der Waals surface area contributed by atoms with Gasteiger partial charge < -0.3 is 10.6 Å². The quantitative estimate of drug-likeness (QED) is 0.516. The van der Waals surface area contributed by atoms with Crippen molar-refractivity contribution in [1.29, 1.82) is 0 Å². The molecule has 0 spiro atoms. The van der Waals surface area contributed by atoms with E-state index in [-0.39, 0.29) is 0 Å². The van der Waals surface area contributed by atoms with E-state index in [1.165, 1.54) is 32.1 Å². The lowest BCUT2D eigenvalue weighted by Gasteiger charge is -2.10. The van der Waals surface area contributed by atoms with E-state index >= 15 is 0 Å². The average molecular weight is 209 g/mol. The van der Waals surface area contributed by atoms with Crippen LogP contribution in [0.15, 0.2) is 4.99 Å². The third-order valence-corrected chi connectivity index (χ3v) is 3.09. The molecule has 0 radical (unpaired) electrons. The van der Waals surface area contributed by atoms with Crippen molar-refractivity contribution < 1.29 is 0 Å². The molecule has 0 aliphatic heterocycles. The summed E-state index contributed by atoms with van der Waals surface area (Å²) in [7, 11) is 0. The minimum absolute atomic E-state index is 0.879. The largest absolute Gasteiger partial charge is 0.357 e. The van der Waals surface area contributed by atoms with E-state index in [4.69, 9.17) is 0 Å². The summed E-state index contributed by atoms with van der Waals surface area (Å²) < 4.78 is 0. The van der Waals surface area contributed by atoms with E-state index in [0.29, 0.717) is 0 Å². The van der Waals surface area contributed by atoms with Crippen LogP contribution < -0.4 is 10.6 Å². The third kappa shape index (κ3) is 4.54. The summed E-state index contributed by atoms with van der Waals surface area (Å²) in [5.41, 5.74) is 0. The molecule has 3 nitrogen and oxygen atoms in total. The molecule has 0 atom stereocenters. The Kier molecular flexibility index (Phi) is 3.87. The maximum atomic E-state index is 4.59. The Morgan fingerprint density at radius 1 is 1.13 bits per heavy atom. The van der Waals surface area contributed by atoms with E-state index in [0.717, 1.165) is 37.4 Å². The predicted octanol–water partition coefficient (Wildman–Crippen LogP) is 1.75. The molecule has 0 amide bonds. The highest BCUT2D eigenvalue weighted by molar-refractivity contribution is 5.79. The van der Waals surface area contributed by atoms with Gasteiger partial charge in [0.25, 0.3) is 0 Å². The second kappa shape index (κ2) is 5.38. The molecule has 0 unspecified atom stereocenters. The minimum atomic E-state index is 0.879. The van der Waals surface area contributed by atoms with Crippen molar-refractivity contribution >= 4 is 5.96 Å². The van der Waals surface area contributed by atoms with Crippen molar-refractivity contribution in [1.82, 2.24) is 10.6 Å². The van der Waals surface area contributed by atoms with Crippen molar-refractivity contribution in [2.75, 3.05) is 19.6 Å². The van der Waals surface area contributed by atoms with E-state index in [2.05, 4.69) is 22.5 Å². The summed E-state index contributed by atoms with van der Waals surface area (Å²) in [4.78, 5) is 4.59. The Balaban J connectivity index is 1.63. The Morgan fingerprint density at radius 2 is 1.87 bits per heavy atom. The summed E-state index contributed by atoms with van der Waals surface area (Å²) in [6.45, 7) is 5.18. The van der Waals surface area contributed by atoms with Crippen LogP contribution in [0.25, 0.3) is 0 Å². The fourth-order valence-corrected chi connectivity index (χ4v) is 1.66. The highest BCUT2D eigenvalue weighted by atomic mass is 15.2. The fourth-order valence-electron chi connectivity index (χ4n) is 1.66. The lowest BCUT2D eigenvalue weighted by molar-refractivity contribution is 0.683. The number of hydrogen-bond donors (Lipinski definition) is 2. The number of guanidine groups is 1. The maximum Gasteiger partial charge on any atom is 0.191 e. The van der Waals surface area contributed by atoms with Gasteiger partial charge in [-0.05, 0) is 38.0 Å². The molecule has 0 aromatic heterocycles. The molecular formula is C12H23N3. The van der Waals surface area contributed by atoms with Gasteiger partial charge >= 0.3 is 0 Å². The Bertz CT molecular complexity index is 217. The first-order chi connectivity index (χ1) is 7.38. The monoisotopic (exact) mass is 209 g/mol. The van der Waals surface area contributed by atoms with Crippen LogP contribution in [-0.2, 0) is 0 Å². The zero-order valence-electron chi connectivity index (χ0n) is 9.76. The number of rotatable bonds is 6. The molecule has 2 saturated carbocycles. The van der Waals surface area contributed by atoms with Gasteiger partial charge in [0, 0.05) is 19.6 Å². The predicted molar refractivity (Wildman–Crippen MR) is 64.0 cm³/mol. The van der Waals surface area contributed by atoms with Gasteiger partial charge in [0.1, 0.15) is 0 Å². The van der Waals surface area contributed by atoms with Crippen LogP contribution in [0.2, 0.25) is 0 Å². The van der Waals surface area contributed by atoms with Gasteiger partial charge in [0.15, 0.2) is 5.96 Å². The van der Waals surface area contributed by atoms with Crippen LogP contribution in [0, 0.1) is 11.8 Å². The third-order valence-electron chi connectivity index (χ3n) is 3.09. The molecule has 0 aromatic carbocycles. The molecule has 3 heteroatoms. The smallest absolute Gasteiger partial charge is 0.191 e. The summed E-state index contributed by atoms with van der Waals surface area (Å²) in [6.07, 6.45) is 6.96. The highest BCUT2D eigenvalue weighted by Crippen LogP contribution is 2.31. The summed E-state index contributed by atoms with van der Waals surface area (Å²) in [6, 6.07) is 0. The van der Waals surface area contributed by atoms with Gasteiger partial charge in [-0.1, -0.05) is 12.8 Å². The molecule has 2 aliphatic rings. The summed E-state index contributed by atoms with van der Waals surface area (Å²) in [5.74, 6) is 2.90. The van der Waals surface area contributed by atoms with Crippen LogP contribution >= 0.6 is 0 Å². The van der Waals surface area contributed by atoms with Gasteiger partial charge in [-0.15, -0.1) is 0 Å². The molecule has 86 valence electrons. The van der Waals surface area contributed by atoms with Crippen LogP contribution in [0.1, 0.15) is 39.0 Å². The SMILES string of the molecule is CCNC(=NCC1CC1)NCCC1CC1. The van der Waals surface area contributed by atoms with E-state index in [1.807, 2.05) is 0 Å². The standard InChI is InChI=1S/C12H23N3/c1-2-13-12(15-9-11-5-6-11)14-8-7-10-3-4-10/h10-11H,2-9H2,1H3,(H2,13,14,15). The van der Waals surface area contributed by atoms with Crippen molar-refractivity contribution in [3.05, 3.63) is 0 Å². The molecule has 0 bridgehead atoms. The van der Waals surface area contributed by atoms with Gasteiger partial charge in [-0.3, -0.25) is 4.99 Å². The van der Waals surface area contributed by atoms with Crippen LogP contribution in [0.3, 0.4) is 0 Å². The molecule has 15 heavy (non-hydrogen) atoms. The van der Waals surface area contributed by atoms with Gasteiger partial charge in [-0.2, -0.15) is 0 Å². The molecule has 2 N–H and O–H groups in total. The lowest BCUT2D eigenvalue weighted by atomic mass is 10.3. The summed E-state index contributed by atoms with van der Waals surface area (Å²) in [5, 5.41) is 6.71. The Hall–Kier alpha value is -0.730. The van der Waals surface area contributed by atoms with Gasteiger partial charge in [-0.25, -0.2) is 0 Å². The molecule has 0 heterocycles. The first-order valence-electron chi connectivity index (χ1n) is 6.40. The number of hydrogen-bond acceptors (Lipinski definition) is 1. The fraction of sp³-hybridized carbons (Fsp3) is 0.917. The molecule has 0 saturated heterocycles. The van der Waals surface area contributed by atoms with E-state index < -0.39 is 0 Å². The zero-order valence-corrected chi connectivity index (χ0v) is 9.76. The number of nitrogens with zero attached hydrogens (tertiary/aromatic N) is 1. The molecule has 0 aromatic rings. The average Bonchev–Trinajstić information content (AvgIpc) is 3.08. The second-order valence-corrected chi connectivity index (χ2v) is 4.82. The number of nitrogens with one attached hydrogen (secondary N) is 2. The lowest BCUT2D eigenvalue weighted by Crippen LogP contribution is -2.38. The number of aliphatic imine (C=N–C) groups is 1. The molecule has 2 aliphatic carbocycles. The maximum absolute atomic E-state index is 4.59. The van der Waals surface area contributed by atoms with Gasteiger partial charge in [0.05, 0.1) is 0 Å². The van der Waals surface area contributed by atoms with E-state index in [1.54, 1.807) is 0 Å². The molecule has 2 rings (SSSR count). The highest BCUT2D eigenvalue weighted by Gasteiger charge is 2.21. The van der Waals surface area contributed by atoms with Gasteiger partial charge in [0.2, 0.25) is 0 Å². The van der Waals surface area contributed by atoms with E-state index in [9.17, 15) is 0 Å². The summed E-state index contributed by atoms with van der Waals surface area (Å²) >= 11 is 0. The topological polar surface area (TPSA) is 36.4 Å². The van der Waals surface area contributed by atoms with Crippen LogP contribution in [0.5, 0.6) is 0 Å². The van der Waals surface area contributed by atoms with Crippen molar-refractivity contribution in [2.45, 2.75) is 39.0 Å². The second-order valence-electron chi connectivity index (χ2n) is 4.82. The molecular weight excluding hydrogens is 186 g/mol. The molecule has 2 fully saturated rings. The zero-order chi connectivity index (χ0) is 10.5. The van der Waals surface area contributed by atoms with Crippen molar-refractivity contribution in [3.8, 4) is 0 Å².